The Bertz CT molecular complexity index is 500. The van der Waals surface area contributed by atoms with Crippen LogP contribution in [0.5, 0.6) is 5.75 Å². The summed E-state index contributed by atoms with van der Waals surface area (Å²) >= 11 is 0. The number of halogens is 3. The fourth-order valence-electron chi connectivity index (χ4n) is 2.56. The van der Waals surface area contributed by atoms with Crippen LogP contribution in [0.2, 0.25) is 0 Å². The lowest BCUT2D eigenvalue weighted by atomic mass is 10.0. The van der Waals surface area contributed by atoms with Crippen molar-refractivity contribution >= 4 is 24.0 Å². The van der Waals surface area contributed by atoms with Gasteiger partial charge < -0.3 is 15.0 Å². The van der Waals surface area contributed by atoms with E-state index >= 15 is 0 Å². The number of anilines is 1. The third-order valence-electron chi connectivity index (χ3n) is 3.51. The summed E-state index contributed by atoms with van der Waals surface area (Å²) in [5, 5.41) is 3.01. The van der Waals surface area contributed by atoms with Crippen molar-refractivity contribution in [2.75, 3.05) is 25.0 Å². The lowest BCUT2D eigenvalue weighted by Gasteiger charge is -2.30. The average Bonchev–Trinajstić information content (AvgIpc) is 2.46. The van der Waals surface area contributed by atoms with E-state index in [9.17, 15) is 13.6 Å². The smallest absolute Gasteiger partial charge is 0.387 e. The van der Waals surface area contributed by atoms with Crippen LogP contribution in [0.25, 0.3) is 0 Å². The van der Waals surface area contributed by atoms with E-state index in [1.54, 1.807) is 17.0 Å². The number of benzene rings is 1. The zero-order valence-corrected chi connectivity index (χ0v) is 13.3. The fourth-order valence-corrected chi connectivity index (χ4v) is 2.56. The molecular weight excluding hydrogens is 314 g/mol. The molecule has 7 heteroatoms. The lowest BCUT2D eigenvalue weighted by molar-refractivity contribution is -0.118. The minimum Gasteiger partial charge on any atom is -0.435 e. The number of nitrogens with zero attached hydrogens (tertiary/aromatic N) is 1. The van der Waals surface area contributed by atoms with Crippen LogP contribution < -0.4 is 15.0 Å². The van der Waals surface area contributed by atoms with E-state index in [-0.39, 0.29) is 24.1 Å². The number of hydrogen-bond acceptors (Lipinski definition) is 3. The largest absolute Gasteiger partial charge is 0.435 e. The summed E-state index contributed by atoms with van der Waals surface area (Å²) in [4.78, 5) is 14.0. The topological polar surface area (TPSA) is 41.6 Å². The van der Waals surface area contributed by atoms with Gasteiger partial charge in [0.2, 0.25) is 5.91 Å². The Morgan fingerprint density at radius 1 is 1.45 bits per heavy atom. The second-order valence-corrected chi connectivity index (χ2v) is 5.03. The predicted molar refractivity (Wildman–Crippen MR) is 84.2 cm³/mol. The molecule has 0 bridgehead atoms. The van der Waals surface area contributed by atoms with Gasteiger partial charge in [0.15, 0.2) is 0 Å². The molecule has 0 saturated heterocycles. The molecule has 0 aliphatic carbocycles. The molecule has 1 N–H and O–H groups in total. The van der Waals surface area contributed by atoms with Gasteiger partial charge in [0.05, 0.1) is 0 Å². The third-order valence-corrected chi connectivity index (χ3v) is 3.51. The number of aryl methyl sites for hydroxylation is 1. The summed E-state index contributed by atoms with van der Waals surface area (Å²) in [5.74, 6) is 0.224. The summed E-state index contributed by atoms with van der Waals surface area (Å²) in [6.45, 7) is -1.35. The number of rotatable bonds is 6. The van der Waals surface area contributed by atoms with Crippen LogP contribution in [0.3, 0.4) is 0 Å². The highest BCUT2D eigenvalue weighted by atomic mass is 35.5. The monoisotopic (exact) mass is 334 g/mol. The highest BCUT2D eigenvalue weighted by Crippen LogP contribution is 2.31. The first-order chi connectivity index (χ1) is 10.1. The second kappa shape index (κ2) is 8.90. The van der Waals surface area contributed by atoms with Gasteiger partial charge in [-0.05, 0) is 56.6 Å². The van der Waals surface area contributed by atoms with E-state index in [0.717, 1.165) is 37.1 Å². The van der Waals surface area contributed by atoms with Gasteiger partial charge in [-0.25, -0.2) is 0 Å². The van der Waals surface area contributed by atoms with Gasteiger partial charge in [0.25, 0.3) is 0 Å². The molecule has 0 unspecified atom stereocenters. The summed E-state index contributed by atoms with van der Waals surface area (Å²) < 4.78 is 28.9. The number of amides is 1. The SMILES string of the molecule is CNCCCC(=O)N1CCCc2cc(OC(F)F)ccc21.Cl. The van der Waals surface area contributed by atoms with Crippen molar-refractivity contribution in [3.8, 4) is 5.75 Å². The van der Waals surface area contributed by atoms with Crippen LogP contribution >= 0.6 is 12.4 Å². The Balaban J connectivity index is 0.00000242. The molecule has 0 aromatic heterocycles. The molecule has 0 spiro atoms. The maximum absolute atomic E-state index is 12.2. The number of carbonyl (C=O) groups is 1. The van der Waals surface area contributed by atoms with Crippen LogP contribution in [0.4, 0.5) is 14.5 Å². The van der Waals surface area contributed by atoms with Crippen molar-refractivity contribution in [2.45, 2.75) is 32.3 Å². The Labute approximate surface area is 135 Å². The van der Waals surface area contributed by atoms with Crippen LogP contribution in [0, 0.1) is 0 Å². The molecule has 4 nitrogen and oxygen atoms in total. The number of ether oxygens (including phenoxy) is 1. The molecule has 124 valence electrons. The molecule has 1 heterocycles. The Morgan fingerprint density at radius 2 is 2.23 bits per heavy atom. The van der Waals surface area contributed by atoms with Crippen LogP contribution in [-0.2, 0) is 11.2 Å². The Hall–Kier alpha value is -1.40. The summed E-state index contributed by atoms with van der Waals surface area (Å²) in [7, 11) is 1.85. The van der Waals surface area contributed by atoms with Gasteiger partial charge in [0, 0.05) is 18.7 Å². The molecule has 0 saturated carbocycles. The number of alkyl halides is 2. The summed E-state index contributed by atoms with van der Waals surface area (Å²) in [6, 6.07) is 4.79. The third kappa shape index (κ3) is 4.81. The molecule has 0 atom stereocenters. The van der Waals surface area contributed by atoms with E-state index in [1.165, 1.54) is 6.07 Å². The van der Waals surface area contributed by atoms with E-state index < -0.39 is 6.61 Å². The molecule has 0 radical (unpaired) electrons. The molecule has 1 amide bonds. The molecule has 22 heavy (non-hydrogen) atoms. The van der Waals surface area contributed by atoms with Crippen molar-refractivity contribution in [1.82, 2.24) is 5.32 Å². The van der Waals surface area contributed by atoms with Gasteiger partial charge in [-0.15, -0.1) is 12.4 Å². The standard InChI is InChI=1S/C15H20F2N2O2.ClH/c1-18-8-2-5-14(20)19-9-3-4-11-10-12(21-15(16)17)6-7-13(11)19;/h6-7,10,15,18H,2-5,8-9H2,1H3;1H. The number of fused-ring (bicyclic) bond motifs is 1. The Kier molecular flexibility index (Phi) is 7.55. The summed E-state index contributed by atoms with van der Waals surface area (Å²) in [5.41, 5.74) is 1.71. The van der Waals surface area contributed by atoms with E-state index in [1.807, 2.05) is 7.05 Å². The number of nitrogens with one attached hydrogen (secondary N) is 1. The van der Waals surface area contributed by atoms with Crippen LogP contribution in [0.15, 0.2) is 18.2 Å². The molecular formula is C15H21ClF2N2O2. The first-order valence-corrected chi connectivity index (χ1v) is 7.14. The molecule has 1 aliphatic heterocycles. The number of carbonyl (C=O) groups excluding carboxylic acids is 1. The van der Waals surface area contributed by atoms with Crippen molar-refractivity contribution < 1.29 is 18.3 Å². The van der Waals surface area contributed by atoms with Crippen LogP contribution in [-0.4, -0.2) is 32.7 Å². The minimum absolute atomic E-state index is 0. The van der Waals surface area contributed by atoms with Crippen molar-refractivity contribution in [1.29, 1.82) is 0 Å². The van der Waals surface area contributed by atoms with E-state index in [4.69, 9.17) is 0 Å². The minimum atomic E-state index is -2.83. The molecule has 1 aromatic rings. The zero-order valence-electron chi connectivity index (χ0n) is 12.5. The van der Waals surface area contributed by atoms with Gasteiger partial charge >= 0.3 is 6.61 Å². The van der Waals surface area contributed by atoms with Crippen molar-refractivity contribution in [3.05, 3.63) is 23.8 Å². The van der Waals surface area contributed by atoms with Gasteiger partial charge in [-0.1, -0.05) is 0 Å². The maximum Gasteiger partial charge on any atom is 0.387 e. The Morgan fingerprint density at radius 3 is 2.91 bits per heavy atom. The lowest BCUT2D eigenvalue weighted by Crippen LogP contribution is -2.35. The highest BCUT2D eigenvalue weighted by molar-refractivity contribution is 5.94. The van der Waals surface area contributed by atoms with Gasteiger partial charge in [0.1, 0.15) is 5.75 Å². The fraction of sp³-hybridized carbons (Fsp3) is 0.533. The van der Waals surface area contributed by atoms with Crippen LogP contribution in [0.1, 0.15) is 24.8 Å². The molecule has 1 aliphatic rings. The number of hydrogen-bond donors (Lipinski definition) is 1. The van der Waals surface area contributed by atoms with Crippen molar-refractivity contribution in [3.63, 3.8) is 0 Å². The zero-order chi connectivity index (χ0) is 15.2. The van der Waals surface area contributed by atoms with Crippen molar-refractivity contribution in [2.24, 2.45) is 0 Å². The van der Waals surface area contributed by atoms with Gasteiger partial charge in [-0.3, -0.25) is 4.79 Å². The normalized spacial score (nSPS) is 13.5. The predicted octanol–water partition coefficient (Wildman–Crippen LogP) is 2.99. The first-order valence-electron chi connectivity index (χ1n) is 7.14. The average molecular weight is 335 g/mol. The quantitative estimate of drug-likeness (QED) is 0.813. The second-order valence-electron chi connectivity index (χ2n) is 5.03. The van der Waals surface area contributed by atoms with E-state index in [0.29, 0.717) is 13.0 Å². The molecule has 2 rings (SSSR count). The molecule has 0 fully saturated rings. The highest BCUT2D eigenvalue weighted by Gasteiger charge is 2.22. The summed E-state index contributed by atoms with van der Waals surface area (Å²) in [6.07, 6.45) is 2.88. The first kappa shape index (κ1) is 18.6. The van der Waals surface area contributed by atoms with Gasteiger partial charge in [-0.2, -0.15) is 8.78 Å². The maximum atomic E-state index is 12.2. The van der Waals surface area contributed by atoms with E-state index in [2.05, 4.69) is 10.1 Å². The molecule has 1 aromatic carbocycles.